The van der Waals surface area contributed by atoms with E-state index in [9.17, 15) is 44.1 Å². The molecule has 17 heteroatoms. The second-order valence-corrected chi connectivity index (χ2v) is 15.3. The fraction of sp³-hybridized carbons (Fsp3) is 0.667. The molecule has 3 fully saturated rings. The fourth-order valence-corrected chi connectivity index (χ4v) is 7.61. The third-order valence-electron chi connectivity index (χ3n) is 10.5. The Balaban J connectivity index is 1.61. The summed E-state index contributed by atoms with van der Waals surface area (Å²) in [6, 6.07) is -1.83. The van der Waals surface area contributed by atoms with Gasteiger partial charge in [-0.15, -0.1) is 0 Å². The van der Waals surface area contributed by atoms with Crippen LogP contribution in [0.1, 0.15) is 65.0 Å². The van der Waals surface area contributed by atoms with Crippen LogP contribution in [-0.2, 0) is 43.8 Å². The number of carbonyl (C=O) groups is 6. The van der Waals surface area contributed by atoms with Crippen molar-refractivity contribution in [2.45, 2.75) is 121 Å². The number of nitrogens with one attached hydrogen (secondary N) is 4. The van der Waals surface area contributed by atoms with Gasteiger partial charge < -0.3 is 55.9 Å². The lowest BCUT2D eigenvalue weighted by molar-refractivity contribution is -0.170. The molecule has 7 N–H and O–H groups in total. The topological polar surface area (TPSA) is 236 Å². The summed E-state index contributed by atoms with van der Waals surface area (Å²) in [5.74, 6) is -6.23. The third kappa shape index (κ3) is 7.70. The van der Waals surface area contributed by atoms with E-state index in [1.807, 2.05) is 13.0 Å². The summed E-state index contributed by atoms with van der Waals surface area (Å²) in [6.07, 6.45) is -5.44. The van der Waals surface area contributed by atoms with Crippen molar-refractivity contribution >= 4 is 41.2 Å². The molecule has 1 aromatic rings. The maximum absolute atomic E-state index is 14.6. The zero-order chi connectivity index (χ0) is 39.1. The van der Waals surface area contributed by atoms with Gasteiger partial charge in [0.05, 0.1) is 18.8 Å². The first-order valence-electron chi connectivity index (χ1n) is 18.1. The van der Waals surface area contributed by atoms with Crippen molar-refractivity contribution < 1.29 is 53.6 Å². The number of amides is 5. The highest BCUT2D eigenvalue weighted by Gasteiger charge is 2.61. The third-order valence-corrected chi connectivity index (χ3v) is 10.5. The van der Waals surface area contributed by atoms with Crippen LogP contribution in [-0.4, -0.2) is 136 Å². The van der Waals surface area contributed by atoms with Crippen LogP contribution in [0.25, 0.3) is 0 Å². The highest BCUT2D eigenvalue weighted by atomic mass is 16.6. The number of rotatable bonds is 5. The number of nitrogens with zero attached hydrogens (tertiary/aromatic N) is 2. The molecule has 10 atom stereocenters. The van der Waals surface area contributed by atoms with Crippen LogP contribution in [0.4, 0.5) is 5.69 Å². The molecule has 0 spiro atoms. The van der Waals surface area contributed by atoms with Gasteiger partial charge in [0.1, 0.15) is 42.0 Å². The lowest BCUT2D eigenvalue weighted by Crippen LogP contribution is -2.64. The van der Waals surface area contributed by atoms with Crippen LogP contribution in [0.3, 0.4) is 0 Å². The summed E-state index contributed by atoms with van der Waals surface area (Å²) in [5.41, 5.74) is -0.0277. The van der Waals surface area contributed by atoms with E-state index >= 15 is 0 Å². The number of anilines is 1. The lowest BCUT2D eigenvalue weighted by Gasteiger charge is -2.40. The zero-order valence-electron chi connectivity index (χ0n) is 31.1. The summed E-state index contributed by atoms with van der Waals surface area (Å²) in [5, 5.41) is 44.6. The molecular weight excluding hydrogens is 692 g/mol. The van der Waals surface area contributed by atoms with Gasteiger partial charge in [-0.2, -0.15) is 0 Å². The number of piperidine rings is 1. The molecule has 0 radical (unpaired) electrons. The lowest BCUT2D eigenvalue weighted by atomic mass is 9.90. The largest absolute Gasteiger partial charge is 0.450 e. The van der Waals surface area contributed by atoms with E-state index < -0.39 is 108 Å². The molecule has 17 nitrogen and oxygen atoms in total. The van der Waals surface area contributed by atoms with E-state index in [2.05, 4.69) is 21.3 Å². The minimum absolute atomic E-state index is 0.0543. The van der Waals surface area contributed by atoms with Gasteiger partial charge in [0, 0.05) is 37.7 Å². The average molecular weight is 745 g/mol. The normalized spacial score (nSPS) is 33.4. The number of carbonyl (C=O) groups excluding carboxylic acids is 6. The minimum Gasteiger partial charge on any atom is -0.450 e. The fourth-order valence-electron chi connectivity index (χ4n) is 7.61. The Bertz CT molecular complexity index is 1620. The van der Waals surface area contributed by atoms with Crippen LogP contribution in [0, 0.1) is 18.8 Å². The molecule has 0 saturated carbocycles. The first-order chi connectivity index (χ1) is 24.9. The van der Waals surface area contributed by atoms with Gasteiger partial charge in [0.25, 0.3) is 5.91 Å². The molecule has 4 heterocycles. The van der Waals surface area contributed by atoms with Gasteiger partial charge in [-0.1, -0.05) is 45.4 Å². The summed E-state index contributed by atoms with van der Waals surface area (Å²) in [7, 11) is 1.29. The Morgan fingerprint density at radius 2 is 1.57 bits per heavy atom. The molecule has 0 bridgehead atoms. The van der Waals surface area contributed by atoms with Crippen LogP contribution in [0.5, 0.6) is 0 Å². The number of methoxy groups -OCH3 is 1. The second kappa shape index (κ2) is 15.6. The Hall–Kier alpha value is -4.32. The molecule has 1 aromatic carbocycles. The number of aryl methyl sites for hydroxylation is 1. The second-order valence-electron chi connectivity index (χ2n) is 15.3. The first kappa shape index (κ1) is 39.9. The van der Waals surface area contributed by atoms with E-state index in [1.165, 1.54) is 18.9 Å². The van der Waals surface area contributed by atoms with E-state index in [1.54, 1.807) is 39.8 Å². The van der Waals surface area contributed by atoms with Crippen LogP contribution in [0.2, 0.25) is 0 Å². The van der Waals surface area contributed by atoms with Crippen molar-refractivity contribution in [1.29, 1.82) is 0 Å². The van der Waals surface area contributed by atoms with Gasteiger partial charge in [0.15, 0.2) is 6.10 Å². The van der Waals surface area contributed by atoms with E-state index in [4.69, 9.17) is 9.47 Å². The first-order valence-corrected chi connectivity index (χ1v) is 18.1. The molecule has 5 amide bonds. The van der Waals surface area contributed by atoms with Gasteiger partial charge in [-0.3, -0.25) is 24.0 Å². The van der Waals surface area contributed by atoms with Crippen molar-refractivity contribution in [2.75, 3.05) is 25.6 Å². The molecule has 0 aromatic heterocycles. The van der Waals surface area contributed by atoms with Crippen molar-refractivity contribution in [3.05, 3.63) is 29.3 Å². The predicted molar refractivity (Wildman–Crippen MR) is 187 cm³/mol. The molecule has 4 aliphatic heterocycles. The maximum atomic E-state index is 14.6. The van der Waals surface area contributed by atoms with Crippen molar-refractivity contribution in [3.63, 3.8) is 0 Å². The number of esters is 1. The summed E-state index contributed by atoms with van der Waals surface area (Å²) in [6.45, 7) is 9.29. The monoisotopic (exact) mass is 744 g/mol. The number of cyclic esters (lactones) is 1. The number of aliphatic hydroxyl groups excluding tert-OH is 2. The number of hydrogen-bond donors (Lipinski definition) is 7. The highest BCUT2D eigenvalue weighted by molar-refractivity contribution is 5.98. The Kier molecular flexibility index (Phi) is 11.7. The number of hydrogen-bond acceptors (Lipinski definition) is 12. The Morgan fingerprint density at radius 3 is 2.19 bits per heavy atom. The van der Waals surface area contributed by atoms with Crippen molar-refractivity contribution in [1.82, 2.24) is 25.8 Å². The molecule has 5 rings (SSSR count). The van der Waals surface area contributed by atoms with Crippen LogP contribution < -0.4 is 21.3 Å². The molecule has 0 unspecified atom stereocenters. The SMILES string of the molecule is COC[C@@H]1NC(=O)[C@H]2C[C@@H](O)CCN2C(=O)[C@H](C(C)C)OC(=O)[C@@H](C(C)C)NC(=O)[C@@H]2C[C@@]3(O)c4cc(C)ccc4N[C@H]3N2C(=O)[C@@H]([C@H](C)O)NC1=O. The smallest absolute Gasteiger partial charge is 0.329 e. The van der Waals surface area contributed by atoms with Crippen LogP contribution in [0.15, 0.2) is 18.2 Å². The zero-order valence-corrected chi connectivity index (χ0v) is 31.1. The van der Waals surface area contributed by atoms with Gasteiger partial charge in [-0.25, -0.2) is 4.79 Å². The average Bonchev–Trinajstić information content (AvgIpc) is 3.54. The van der Waals surface area contributed by atoms with Crippen molar-refractivity contribution in [3.8, 4) is 0 Å². The standard InChI is InChI=1S/C36H52N6O11/c1-16(2)26-34(50)53-28(17(3)4)33(49)41-11-10-20(44)13-24(41)30(46)37-23(15-52-7)29(45)40-27(19(6)43)32(48)42-25(31(47)39-26)14-36(51)21-12-18(5)8-9-22(21)38-35(36)42/h8-9,12,16-17,19-20,23-28,35,38,43-44,51H,10-11,13-15H2,1-7H3,(H,37,46)(H,39,47)(H,40,45)/t19-,20-,23-,24+,25-,26+,27+,28-,35-,36+/m0/s1. The predicted octanol–water partition coefficient (Wildman–Crippen LogP) is -1.39. The molecule has 292 valence electrons. The number of benzene rings is 1. The quantitative estimate of drug-likeness (QED) is 0.173. The van der Waals surface area contributed by atoms with Gasteiger partial charge >= 0.3 is 5.97 Å². The van der Waals surface area contributed by atoms with Gasteiger partial charge in [0.2, 0.25) is 23.6 Å². The number of ether oxygens (including phenoxy) is 2. The molecular formula is C36H52N6O11. The maximum Gasteiger partial charge on any atom is 0.329 e. The molecule has 0 aliphatic carbocycles. The summed E-state index contributed by atoms with van der Waals surface area (Å²) < 4.78 is 11.0. The molecule has 4 aliphatic rings. The highest BCUT2D eigenvalue weighted by Crippen LogP contribution is 2.50. The Morgan fingerprint density at radius 1 is 0.906 bits per heavy atom. The summed E-state index contributed by atoms with van der Waals surface area (Å²) >= 11 is 0. The van der Waals surface area contributed by atoms with Crippen LogP contribution >= 0.6 is 0 Å². The minimum atomic E-state index is -1.80. The number of fused-ring (bicyclic) bond motifs is 6. The molecule has 53 heavy (non-hydrogen) atoms. The Labute approximate surface area is 308 Å². The van der Waals surface area contributed by atoms with E-state index in [0.29, 0.717) is 11.3 Å². The van der Waals surface area contributed by atoms with Gasteiger partial charge in [-0.05, 0) is 38.2 Å². The molecule has 3 saturated heterocycles. The summed E-state index contributed by atoms with van der Waals surface area (Å²) in [4.78, 5) is 86.8. The number of aliphatic hydroxyl groups is 3. The van der Waals surface area contributed by atoms with E-state index in [0.717, 1.165) is 10.5 Å². The van der Waals surface area contributed by atoms with E-state index in [-0.39, 0.29) is 32.4 Å². The van der Waals surface area contributed by atoms with Crippen molar-refractivity contribution in [2.24, 2.45) is 11.8 Å².